The van der Waals surface area contributed by atoms with Gasteiger partial charge in [0.1, 0.15) is 17.1 Å². The summed E-state index contributed by atoms with van der Waals surface area (Å²) in [5.41, 5.74) is 1.90. The summed E-state index contributed by atoms with van der Waals surface area (Å²) < 4.78 is 11.7. The number of para-hydroxylation sites is 1. The molecule has 1 unspecified atom stereocenters. The number of benzene rings is 2. The van der Waals surface area contributed by atoms with Gasteiger partial charge in [0.15, 0.2) is 12.6 Å². The van der Waals surface area contributed by atoms with Crippen molar-refractivity contribution in [2.24, 2.45) is 4.99 Å². The molecule has 31 heavy (non-hydrogen) atoms. The van der Waals surface area contributed by atoms with Crippen molar-refractivity contribution in [1.82, 2.24) is 16.0 Å². The molecule has 7 heteroatoms. The third-order valence-electron chi connectivity index (χ3n) is 5.01. The molecule has 0 aliphatic carbocycles. The fourth-order valence-electron chi connectivity index (χ4n) is 3.62. The lowest BCUT2D eigenvalue weighted by molar-refractivity contribution is -0.122. The summed E-state index contributed by atoms with van der Waals surface area (Å²) in [6.07, 6.45) is 0.827. The first kappa shape index (κ1) is 22.5. The van der Waals surface area contributed by atoms with Crippen molar-refractivity contribution < 1.29 is 14.3 Å². The highest BCUT2D eigenvalue weighted by Gasteiger charge is 2.33. The molecule has 2 aromatic carbocycles. The molecule has 3 N–H and O–H groups in total. The van der Waals surface area contributed by atoms with Crippen LogP contribution in [0.15, 0.2) is 53.5 Å². The quantitative estimate of drug-likeness (QED) is 0.470. The number of rotatable bonds is 7. The average molecular weight is 425 g/mol. The Morgan fingerprint density at radius 2 is 2.00 bits per heavy atom. The number of likely N-dealkylation sites (N-methyl/N-ethyl adjacent to an activating group) is 1. The van der Waals surface area contributed by atoms with Crippen LogP contribution in [0.2, 0.25) is 0 Å². The van der Waals surface area contributed by atoms with Crippen LogP contribution >= 0.6 is 0 Å². The van der Waals surface area contributed by atoms with Gasteiger partial charge in [0.2, 0.25) is 0 Å². The predicted molar refractivity (Wildman–Crippen MR) is 122 cm³/mol. The number of carbonyl (C=O) groups excluding carboxylic acids is 1. The Balaban J connectivity index is 1.60. The topological polar surface area (TPSA) is 84.0 Å². The number of nitrogens with one attached hydrogen (secondary N) is 3. The predicted octanol–water partition coefficient (Wildman–Crippen LogP) is 3.17. The van der Waals surface area contributed by atoms with Crippen LogP contribution in [0.4, 0.5) is 0 Å². The van der Waals surface area contributed by atoms with Crippen LogP contribution < -0.4 is 25.4 Å². The van der Waals surface area contributed by atoms with Crippen molar-refractivity contribution in [2.75, 3.05) is 20.2 Å². The van der Waals surface area contributed by atoms with E-state index >= 15 is 0 Å². The third-order valence-corrected chi connectivity index (χ3v) is 5.01. The van der Waals surface area contributed by atoms with Crippen molar-refractivity contribution in [1.29, 1.82) is 0 Å². The standard InChI is InChI=1S/C24H32N4O3/c1-5-26-22(29)16-30-18-10-8-9-17(13-18)15-27-23(25-4)28-20-14-24(2,3)31-21-12-7-6-11-19(20)21/h6-13,20H,5,14-16H2,1-4H3,(H,26,29)(H2,25,27,28). The van der Waals surface area contributed by atoms with Gasteiger partial charge in [-0.05, 0) is 44.5 Å². The van der Waals surface area contributed by atoms with E-state index in [0.717, 1.165) is 23.3 Å². The number of hydrogen-bond donors (Lipinski definition) is 3. The van der Waals surface area contributed by atoms with E-state index in [-0.39, 0.29) is 24.2 Å². The van der Waals surface area contributed by atoms with Gasteiger partial charge in [-0.15, -0.1) is 0 Å². The third kappa shape index (κ3) is 6.38. The molecule has 0 saturated carbocycles. The SMILES string of the molecule is CCNC(=O)COc1cccc(CNC(=NC)NC2CC(C)(C)Oc3ccccc32)c1. The summed E-state index contributed by atoms with van der Waals surface area (Å²) in [6, 6.07) is 15.9. The first-order chi connectivity index (χ1) is 14.9. The Hall–Kier alpha value is -3.22. The van der Waals surface area contributed by atoms with Gasteiger partial charge in [0.25, 0.3) is 5.91 Å². The molecule has 0 bridgehead atoms. The van der Waals surface area contributed by atoms with E-state index < -0.39 is 0 Å². The maximum absolute atomic E-state index is 11.6. The Morgan fingerprint density at radius 3 is 2.77 bits per heavy atom. The van der Waals surface area contributed by atoms with Crippen molar-refractivity contribution in [2.45, 2.75) is 45.4 Å². The minimum absolute atomic E-state index is 0.00684. The fourth-order valence-corrected chi connectivity index (χ4v) is 3.62. The largest absolute Gasteiger partial charge is 0.487 e. The van der Waals surface area contributed by atoms with Gasteiger partial charge in [-0.1, -0.05) is 30.3 Å². The number of aliphatic imine (C=N–C) groups is 1. The van der Waals surface area contributed by atoms with E-state index in [1.807, 2.05) is 49.4 Å². The van der Waals surface area contributed by atoms with Gasteiger partial charge in [0, 0.05) is 32.1 Å². The van der Waals surface area contributed by atoms with Crippen LogP contribution in [0.5, 0.6) is 11.5 Å². The van der Waals surface area contributed by atoms with Crippen molar-refractivity contribution >= 4 is 11.9 Å². The fraction of sp³-hybridized carbons (Fsp3) is 0.417. The summed E-state index contributed by atoms with van der Waals surface area (Å²) in [6.45, 7) is 7.25. The first-order valence-corrected chi connectivity index (χ1v) is 10.6. The molecule has 0 radical (unpaired) electrons. The summed E-state index contributed by atoms with van der Waals surface area (Å²) in [5, 5.41) is 9.62. The van der Waals surface area contributed by atoms with E-state index in [9.17, 15) is 4.79 Å². The van der Waals surface area contributed by atoms with Gasteiger partial charge < -0.3 is 25.4 Å². The van der Waals surface area contributed by atoms with Crippen LogP contribution in [-0.2, 0) is 11.3 Å². The molecule has 1 aliphatic heterocycles. The molecule has 0 spiro atoms. The average Bonchev–Trinajstić information content (AvgIpc) is 2.75. The Labute approximate surface area is 184 Å². The van der Waals surface area contributed by atoms with E-state index in [2.05, 4.69) is 40.9 Å². The number of nitrogens with zero attached hydrogens (tertiary/aromatic N) is 1. The van der Waals surface area contributed by atoms with Crippen LogP contribution in [0.25, 0.3) is 0 Å². The summed E-state index contributed by atoms with van der Waals surface area (Å²) in [7, 11) is 1.76. The molecule has 1 heterocycles. The lowest BCUT2D eigenvalue weighted by atomic mass is 9.90. The summed E-state index contributed by atoms with van der Waals surface area (Å²) in [4.78, 5) is 16.0. The molecule has 3 rings (SSSR count). The molecule has 1 amide bonds. The smallest absolute Gasteiger partial charge is 0.257 e. The Morgan fingerprint density at radius 1 is 1.19 bits per heavy atom. The molecular weight excluding hydrogens is 392 g/mol. The van der Waals surface area contributed by atoms with Crippen molar-refractivity contribution in [3.8, 4) is 11.5 Å². The molecule has 1 aliphatic rings. The monoisotopic (exact) mass is 424 g/mol. The molecule has 0 aromatic heterocycles. The maximum Gasteiger partial charge on any atom is 0.257 e. The van der Waals surface area contributed by atoms with Crippen molar-refractivity contribution in [3.05, 3.63) is 59.7 Å². The minimum Gasteiger partial charge on any atom is -0.487 e. The zero-order valence-corrected chi connectivity index (χ0v) is 18.7. The number of amides is 1. The van der Waals surface area contributed by atoms with Gasteiger partial charge in [-0.25, -0.2) is 0 Å². The number of carbonyl (C=O) groups is 1. The number of hydrogen-bond acceptors (Lipinski definition) is 4. The second-order valence-corrected chi connectivity index (χ2v) is 8.12. The summed E-state index contributed by atoms with van der Waals surface area (Å²) in [5.74, 6) is 2.15. The second-order valence-electron chi connectivity index (χ2n) is 8.12. The van der Waals surface area contributed by atoms with Gasteiger partial charge >= 0.3 is 0 Å². The van der Waals surface area contributed by atoms with Crippen LogP contribution in [-0.4, -0.2) is 37.7 Å². The number of guanidine groups is 1. The van der Waals surface area contributed by atoms with Gasteiger partial charge in [0.05, 0.1) is 6.04 Å². The number of ether oxygens (including phenoxy) is 2. The first-order valence-electron chi connectivity index (χ1n) is 10.6. The minimum atomic E-state index is -0.263. The summed E-state index contributed by atoms with van der Waals surface area (Å²) >= 11 is 0. The van der Waals surface area contributed by atoms with E-state index in [1.54, 1.807) is 7.05 Å². The molecule has 0 fully saturated rings. The Bertz CT molecular complexity index is 927. The van der Waals surface area contributed by atoms with Gasteiger partial charge in [-0.2, -0.15) is 0 Å². The van der Waals surface area contributed by atoms with E-state index in [0.29, 0.717) is 24.8 Å². The maximum atomic E-state index is 11.6. The highest BCUT2D eigenvalue weighted by molar-refractivity contribution is 5.80. The van der Waals surface area contributed by atoms with E-state index in [4.69, 9.17) is 9.47 Å². The highest BCUT2D eigenvalue weighted by Crippen LogP contribution is 2.39. The normalized spacial score (nSPS) is 17.2. The van der Waals surface area contributed by atoms with Gasteiger partial charge in [-0.3, -0.25) is 9.79 Å². The van der Waals surface area contributed by atoms with Crippen LogP contribution in [0.3, 0.4) is 0 Å². The molecule has 2 aromatic rings. The molecule has 1 atom stereocenters. The lowest BCUT2D eigenvalue weighted by Crippen LogP contribution is -2.45. The molecule has 0 saturated heterocycles. The lowest BCUT2D eigenvalue weighted by Gasteiger charge is -2.38. The van der Waals surface area contributed by atoms with Crippen LogP contribution in [0.1, 0.15) is 44.4 Å². The zero-order valence-electron chi connectivity index (χ0n) is 18.7. The zero-order chi connectivity index (χ0) is 22.3. The van der Waals surface area contributed by atoms with Crippen molar-refractivity contribution in [3.63, 3.8) is 0 Å². The molecular formula is C24H32N4O3. The van der Waals surface area contributed by atoms with Crippen LogP contribution in [0, 0.1) is 0 Å². The number of fused-ring (bicyclic) bond motifs is 1. The molecule has 166 valence electrons. The van der Waals surface area contributed by atoms with E-state index in [1.165, 1.54) is 0 Å². The Kier molecular flexibility index (Phi) is 7.39. The highest BCUT2D eigenvalue weighted by atomic mass is 16.5. The molecule has 7 nitrogen and oxygen atoms in total. The second kappa shape index (κ2) is 10.2.